The van der Waals surface area contributed by atoms with Gasteiger partial charge in [-0.2, -0.15) is 0 Å². The van der Waals surface area contributed by atoms with Crippen LogP contribution < -0.4 is 0 Å². The van der Waals surface area contributed by atoms with Crippen molar-refractivity contribution >= 4 is 0 Å². The Hall–Kier alpha value is -0.300. The highest BCUT2D eigenvalue weighted by atomic mass is 16.3. The van der Waals surface area contributed by atoms with Gasteiger partial charge >= 0.3 is 0 Å². The molecule has 4 rings (SSSR count). The number of hydrogen-bond acceptors (Lipinski definition) is 1. The van der Waals surface area contributed by atoms with Crippen LogP contribution in [0.3, 0.4) is 0 Å². The molecule has 0 saturated heterocycles. The molecule has 6 atom stereocenters. The first-order chi connectivity index (χ1) is 10.3. The maximum absolute atomic E-state index is 10.5. The predicted molar refractivity (Wildman–Crippen MR) is 91.5 cm³/mol. The van der Waals surface area contributed by atoms with Crippen LogP contribution in [0.25, 0.3) is 0 Å². The van der Waals surface area contributed by atoms with E-state index in [0.717, 1.165) is 24.2 Å². The summed E-state index contributed by atoms with van der Waals surface area (Å²) in [5, 5.41) is 10.5. The highest BCUT2D eigenvalue weighted by Crippen LogP contribution is 2.66. The topological polar surface area (TPSA) is 20.2 Å². The van der Waals surface area contributed by atoms with Crippen LogP contribution in [0.4, 0.5) is 0 Å². The van der Waals surface area contributed by atoms with Crippen LogP contribution in [0.1, 0.15) is 79.1 Å². The van der Waals surface area contributed by atoms with Gasteiger partial charge in [0.2, 0.25) is 0 Å². The molecule has 1 heteroatoms. The molecule has 0 aliphatic heterocycles. The molecule has 4 aliphatic carbocycles. The van der Waals surface area contributed by atoms with Gasteiger partial charge in [-0.25, -0.2) is 0 Å². The molecule has 3 saturated carbocycles. The molecule has 0 heterocycles. The van der Waals surface area contributed by atoms with Crippen LogP contribution in [-0.4, -0.2) is 11.2 Å². The van der Waals surface area contributed by atoms with Crippen molar-refractivity contribution in [2.24, 2.45) is 34.0 Å². The zero-order chi connectivity index (χ0) is 15.8. The lowest BCUT2D eigenvalue weighted by Gasteiger charge is -2.60. The molecular formula is C21H34O. The average molecular weight is 303 g/mol. The van der Waals surface area contributed by atoms with Gasteiger partial charge in [0.15, 0.2) is 0 Å². The number of hydrogen-bond donors (Lipinski definition) is 1. The quantitative estimate of drug-likeness (QED) is 0.599. The molecule has 0 aromatic rings. The Morgan fingerprint density at radius 3 is 2.50 bits per heavy atom. The molecule has 0 radical (unpaired) electrons. The monoisotopic (exact) mass is 302 g/mol. The molecule has 3 fully saturated rings. The third-order valence-electron chi connectivity index (χ3n) is 8.64. The molecule has 124 valence electrons. The van der Waals surface area contributed by atoms with Crippen LogP contribution in [-0.2, 0) is 0 Å². The van der Waals surface area contributed by atoms with Gasteiger partial charge in [0.05, 0.1) is 6.10 Å². The maximum Gasteiger partial charge on any atom is 0.0596 e. The van der Waals surface area contributed by atoms with Gasteiger partial charge in [-0.05, 0) is 78.9 Å². The summed E-state index contributed by atoms with van der Waals surface area (Å²) < 4.78 is 0. The van der Waals surface area contributed by atoms with E-state index in [1.54, 1.807) is 5.57 Å². The van der Waals surface area contributed by atoms with Crippen molar-refractivity contribution in [2.75, 3.05) is 0 Å². The van der Waals surface area contributed by atoms with Crippen molar-refractivity contribution < 1.29 is 5.11 Å². The highest BCUT2D eigenvalue weighted by molar-refractivity contribution is 5.29. The number of aliphatic hydroxyl groups excluding tert-OH is 1. The minimum absolute atomic E-state index is 0.0422. The van der Waals surface area contributed by atoms with Crippen molar-refractivity contribution in [2.45, 2.75) is 85.2 Å². The third kappa shape index (κ3) is 1.81. The second-order valence-corrected chi connectivity index (χ2v) is 10.0. The van der Waals surface area contributed by atoms with Crippen LogP contribution in [0, 0.1) is 34.0 Å². The van der Waals surface area contributed by atoms with E-state index < -0.39 is 0 Å². The third-order valence-corrected chi connectivity index (χ3v) is 8.64. The van der Waals surface area contributed by atoms with Crippen LogP contribution in [0.5, 0.6) is 0 Å². The molecule has 0 aromatic heterocycles. The molecule has 1 unspecified atom stereocenters. The van der Waals surface area contributed by atoms with Crippen LogP contribution in [0.2, 0.25) is 0 Å². The predicted octanol–water partition coefficient (Wildman–Crippen LogP) is 5.34. The zero-order valence-corrected chi connectivity index (χ0v) is 15.0. The Morgan fingerprint density at radius 2 is 1.73 bits per heavy atom. The lowest BCUT2D eigenvalue weighted by Crippen LogP contribution is -2.52. The first kappa shape index (κ1) is 15.2. The molecule has 0 aromatic carbocycles. The summed E-state index contributed by atoms with van der Waals surface area (Å²) in [7, 11) is 0. The Morgan fingerprint density at radius 1 is 0.955 bits per heavy atom. The largest absolute Gasteiger partial charge is 0.393 e. The number of aliphatic hydroxyl groups is 1. The Labute approximate surface area is 136 Å². The Bertz CT molecular complexity index is 504. The average Bonchev–Trinajstić information content (AvgIpc) is 2.74. The van der Waals surface area contributed by atoms with Crippen molar-refractivity contribution in [3.63, 3.8) is 0 Å². The van der Waals surface area contributed by atoms with Crippen molar-refractivity contribution in [3.8, 4) is 0 Å². The van der Waals surface area contributed by atoms with E-state index in [-0.39, 0.29) is 11.5 Å². The minimum atomic E-state index is -0.0422. The van der Waals surface area contributed by atoms with E-state index in [1.165, 1.54) is 44.9 Å². The normalized spacial score (nSPS) is 53.2. The van der Waals surface area contributed by atoms with Gasteiger partial charge in [0.1, 0.15) is 0 Å². The summed E-state index contributed by atoms with van der Waals surface area (Å²) in [6.07, 6.45) is 13.0. The minimum Gasteiger partial charge on any atom is -0.393 e. The van der Waals surface area contributed by atoms with E-state index in [4.69, 9.17) is 0 Å². The number of rotatable bonds is 0. The highest BCUT2D eigenvalue weighted by Gasteiger charge is 2.59. The lowest BCUT2D eigenvalue weighted by molar-refractivity contribution is -0.0721. The van der Waals surface area contributed by atoms with Gasteiger partial charge in [0, 0.05) is 0 Å². The van der Waals surface area contributed by atoms with Crippen molar-refractivity contribution in [3.05, 3.63) is 11.6 Å². The van der Waals surface area contributed by atoms with Gasteiger partial charge < -0.3 is 5.11 Å². The second kappa shape index (κ2) is 4.62. The smallest absolute Gasteiger partial charge is 0.0596 e. The van der Waals surface area contributed by atoms with E-state index in [1.807, 2.05) is 0 Å². The van der Waals surface area contributed by atoms with Crippen LogP contribution >= 0.6 is 0 Å². The van der Waals surface area contributed by atoms with Crippen LogP contribution in [0.15, 0.2) is 11.6 Å². The molecule has 0 bridgehead atoms. The molecule has 4 aliphatic rings. The van der Waals surface area contributed by atoms with E-state index in [2.05, 4.69) is 33.8 Å². The molecule has 1 N–H and O–H groups in total. The summed E-state index contributed by atoms with van der Waals surface area (Å²) in [6.45, 7) is 9.92. The Balaban J connectivity index is 1.73. The lowest BCUT2D eigenvalue weighted by atomic mass is 9.45. The summed E-state index contributed by atoms with van der Waals surface area (Å²) in [6, 6.07) is 0. The van der Waals surface area contributed by atoms with E-state index in [0.29, 0.717) is 10.8 Å². The summed E-state index contributed by atoms with van der Waals surface area (Å²) >= 11 is 0. The standard InChI is InChI=1S/C21H34O/c1-19(2)11-5-12-20(3)16-10-13-21(4)15(7-9-18(21)22)14(16)6-8-17(19)20/h8,14-16,18,22H,5-7,9-13H2,1-4H3/t14-,15-,16-,18?,20+,21-/m0/s1. The van der Waals surface area contributed by atoms with Gasteiger partial charge in [-0.3, -0.25) is 0 Å². The fraction of sp³-hybridized carbons (Fsp3) is 0.905. The van der Waals surface area contributed by atoms with Gasteiger partial charge in [-0.1, -0.05) is 45.8 Å². The van der Waals surface area contributed by atoms with Gasteiger partial charge in [-0.15, -0.1) is 0 Å². The fourth-order valence-corrected chi connectivity index (χ4v) is 7.47. The molecule has 0 spiro atoms. The van der Waals surface area contributed by atoms with E-state index >= 15 is 0 Å². The Kier molecular flexibility index (Phi) is 3.20. The zero-order valence-electron chi connectivity index (χ0n) is 15.0. The molecule has 0 amide bonds. The maximum atomic E-state index is 10.5. The number of allylic oxidation sites excluding steroid dienone is 2. The summed E-state index contributed by atoms with van der Waals surface area (Å²) in [5.41, 5.74) is 2.86. The van der Waals surface area contributed by atoms with E-state index in [9.17, 15) is 5.11 Å². The summed E-state index contributed by atoms with van der Waals surface area (Å²) in [5.74, 6) is 2.47. The second-order valence-electron chi connectivity index (χ2n) is 10.0. The number of fused-ring (bicyclic) bond motifs is 5. The first-order valence-corrected chi connectivity index (χ1v) is 9.68. The summed E-state index contributed by atoms with van der Waals surface area (Å²) in [4.78, 5) is 0. The van der Waals surface area contributed by atoms with Crippen molar-refractivity contribution in [1.82, 2.24) is 0 Å². The van der Waals surface area contributed by atoms with Gasteiger partial charge in [0.25, 0.3) is 0 Å². The van der Waals surface area contributed by atoms with Crippen molar-refractivity contribution in [1.29, 1.82) is 0 Å². The fourth-order valence-electron chi connectivity index (χ4n) is 7.47. The molecule has 1 nitrogen and oxygen atoms in total. The molecular weight excluding hydrogens is 268 g/mol. The first-order valence-electron chi connectivity index (χ1n) is 9.68. The molecule has 22 heavy (non-hydrogen) atoms. The SMILES string of the molecule is CC1(C)CCC[C@@]2(C)C1=CC[C@@H]1[C@@H]2CC[C@]2(C)C(O)CC[C@@H]12.